The van der Waals surface area contributed by atoms with Crippen molar-refractivity contribution in [2.45, 2.75) is 0 Å². The number of benzene rings is 1. The normalized spacial score (nSPS) is 16.7. The number of hydrogen-bond donors (Lipinski definition) is 0. The van der Waals surface area contributed by atoms with Crippen molar-refractivity contribution in [1.82, 2.24) is 9.80 Å². The van der Waals surface area contributed by atoms with E-state index in [1.165, 1.54) is 19.2 Å². The molecule has 1 aliphatic heterocycles. The molecular formula is C13H17FN2O2. The summed E-state index contributed by atoms with van der Waals surface area (Å²) in [5, 5.41) is 0. The Morgan fingerprint density at radius 3 is 2.56 bits per heavy atom. The standard InChI is InChI=1S/C13H17FN2O2/c1-15-6-8-16(9-7-15)13(17)10-4-3-5-11(18-2)12(10)14/h3-5H,6-9H2,1-2H3. The second-order valence-electron chi connectivity index (χ2n) is 4.42. The summed E-state index contributed by atoms with van der Waals surface area (Å²) in [6.45, 7) is 2.90. The maximum atomic E-state index is 14.0. The summed E-state index contributed by atoms with van der Waals surface area (Å²) >= 11 is 0. The Hall–Kier alpha value is -1.62. The third kappa shape index (κ3) is 2.46. The Kier molecular flexibility index (Phi) is 3.81. The molecule has 5 heteroatoms. The average Bonchev–Trinajstić information content (AvgIpc) is 2.39. The van der Waals surface area contributed by atoms with E-state index in [9.17, 15) is 9.18 Å². The first-order valence-electron chi connectivity index (χ1n) is 5.94. The van der Waals surface area contributed by atoms with E-state index in [1.54, 1.807) is 11.0 Å². The van der Waals surface area contributed by atoms with Gasteiger partial charge < -0.3 is 14.5 Å². The Labute approximate surface area is 106 Å². The molecule has 0 N–H and O–H groups in total. The van der Waals surface area contributed by atoms with Gasteiger partial charge in [0.15, 0.2) is 11.6 Å². The minimum absolute atomic E-state index is 0.0823. The summed E-state index contributed by atoms with van der Waals surface area (Å²) in [4.78, 5) is 16.0. The zero-order chi connectivity index (χ0) is 13.1. The van der Waals surface area contributed by atoms with E-state index in [0.717, 1.165) is 13.1 Å². The molecule has 0 spiro atoms. The first-order chi connectivity index (χ1) is 8.63. The van der Waals surface area contributed by atoms with Crippen LogP contribution in [0.4, 0.5) is 4.39 Å². The van der Waals surface area contributed by atoms with Gasteiger partial charge in [-0.05, 0) is 19.2 Å². The van der Waals surface area contributed by atoms with E-state index in [-0.39, 0.29) is 17.2 Å². The maximum Gasteiger partial charge on any atom is 0.257 e. The van der Waals surface area contributed by atoms with Crippen molar-refractivity contribution >= 4 is 5.91 Å². The number of nitrogens with zero attached hydrogens (tertiary/aromatic N) is 2. The number of halogens is 1. The molecule has 4 nitrogen and oxygen atoms in total. The third-order valence-electron chi connectivity index (χ3n) is 3.20. The summed E-state index contributed by atoms with van der Waals surface area (Å²) in [6.07, 6.45) is 0. The molecule has 0 unspecified atom stereocenters. The van der Waals surface area contributed by atoms with Gasteiger partial charge in [-0.25, -0.2) is 4.39 Å². The Bertz CT molecular complexity index is 443. The van der Waals surface area contributed by atoms with Crippen molar-refractivity contribution < 1.29 is 13.9 Å². The van der Waals surface area contributed by atoms with Crippen LogP contribution in [0, 0.1) is 5.82 Å². The number of likely N-dealkylation sites (N-methyl/N-ethyl adjacent to an activating group) is 1. The van der Waals surface area contributed by atoms with Gasteiger partial charge in [0, 0.05) is 26.2 Å². The molecule has 1 fully saturated rings. The third-order valence-corrected chi connectivity index (χ3v) is 3.20. The Morgan fingerprint density at radius 1 is 1.28 bits per heavy atom. The molecule has 1 amide bonds. The van der Waals surface area contributed by atoms with Crippen molar-refractivity contribution in [1.29, 1.82) is 0 Å². The molecule has 1 aromatic carbocycles. The number of carbonyl (C=O) groups excluding carboxylic acids is 1. The highest BCUT2D eigenvalue weighted by Gasteiger charge is 2.23. The molecule has 18 heavy (non-hydrogen) atoms. The molecule has 1 saturated heterocycles. The van der Waals surface area contributed by atoms with Gasteiger partial charge in [-0.3, -0.25) is 4.79 Å². The highest BCUT2D eigenvalue weighted by Crippen LogP contribution is 2.21. The number of hydrogen-bond acceptors (Lipinski definition) is 3. The van der Waals surface area contributed by atoms with Gasteiger partial charge >= 0.3 is 0 Å². The van der Waals surface area contributed by atoms with Crippen molar-refractivity contribution in [3.05, 3.63) is 29.6 Å². The van der Waals surface area contributed by atoms with E-state index in [1.807, 2.05) is 7.05 Å². The highest BCUT2D eigenvalue weighted by atomic mass is 19.1. The minimum atomic E-state index is -0.580. The van der Waals surface area contributed by atoms with Crippen molar-refractivity contribution in [2.75, 3.05) is 40.3 Å². The van der Waals surface area contributed by atoms with E-state index in [2.05, 4.69) is 4.90 Å². The lowest BCUT2D eigenvalue weighted by Gasteiger charge is -2.32. The Morgan fingerprint density at radius 2 is 1.94 bits per heavy atom. The fourth-order valence-corrected chi connectivity index (χ4v) is 2.01. The number of piperazine rings is 1. The van der Waals surface area contributed by atoms with Gasteiger partial charge in [-0.15, -0.1) is 0 Å². The molecule has 1 aromatic rings. The van der Waals surface area contributed by atoms with E-state index in [4.69, 9.17) is 4.74 Å². The van der Waals surface area contributed by atoms with Crippen molar-refractivity contribution in [3.8, 4) is 5.75 Å². The first-order valence-corrected chi connectivity index (χ1v) is 5.94. The van der Waals surface area contributed by atoms with Crippen LogP contribution in [-0.4, -0.2) is 56.0 Å². The fourth-order valence-electron chi connectivity index (χ4n) is 2.01. The van der Waals surface area contributed by atoms with Crippen LogP contribution in [0.1, 0.15) is 10.4 Å². The van der Waals surface area contributed by atoms with Crippen LogP contribution in [0.15, 0.2) is 18.2 Å². The molecular weight excluding hydrogens is 235 g/mol. The largest absolute Gasteiger partial charge is 0.494 e. The lowest BCUT2D eigenvalue weighted by molar-refractivity contribution is 0.0658. The van der Waals surface area contributed by atoms with E-state index >= 15 is 0 Å². The summed E-state index contributed by atoms with van der Waals surface area (Å²) in [7, 11) is 3.40. The topological polar surface area (TPSA) is 32.8 Å². The van der Waals surface area contributed by atoms with E-state index in [0.29, 0.717) is 13.1 Å². The molecule has 1 heterocycles. The van der Waals surface area contributed by atoms with Gasteiger partial charge in [0.2, 0.25) is 0 Å². The second-order valence-corrected chi connectivity index (χ2v) is 4.42. The van der Waals surface area contributed by atoms with Gasteiger partial charge in [-0.2, -0.15) is 0 Å². The molecule has 0 aromatic heterocycles. The number of amides is 1. The van der Waals surface area contributed by atoms with Gasteiger partial charge in [0.25, 0.3) is 5.91 Å². The number of ether oxygens (including phenoxy) is 1. The summed E-state index contributed by atoms with van der Waals surface area (Å²) in [5.74, 6) is -0.738. The van der Waals surface area contributed by atoms with Gasteiger partial charge in [-0.1, -0.05) is 6.07 Å². The molecule has 0 radical (unpaired) electrons. The molecule has 0 aliphatic carbocycles. The molecule has 0 saturated carbocycles. The molecule has 2 rings (SSSR count). The lowest BCUT2D eigenvalue weighted by Crippen LogP contribution is -2.47. The number of carbonyl (C=O) groups is 1. The van der Waals surface area contributed by atoms with Crippen molar-refractivity contribution in [3.63, 3.8) is 0 Å². The molecule has 0 atom stereocenters. The summed E-state index contributed by atoms with van der Waals surface area (Å²) < 4.78 is 18.9. The van der Waals surface area contributed by atoms with Crippen LogP contribution in [0.2, 0.25) is 0 Å². The van der Waals surface area contributed by atoms with E-state index < -0.39 is 5.82 Å². The lowest BCUT2D eigenvalue weighted by atomic mass is 10.1. The van der Waals surface area contributed by atoms with Gasteiger partial charge in [0.1, 0.15) is 0 Å². The minimum Gasteiger partial charge on any atom is -0.494 e. The zero-order valence-corrected chi connectivity index (χ0v) is 10.6. The quantitative estimate of drug-likeness (QED) is 0.793. The van der Waals surface area contributed by atoms with Crippen LogP contribution in [0.25, 0.3) is 0 Å². The summed E-state index contributed by atoms with van der Waals surface area (Å²) in [5.41, 5.74) is 0.0823. The maximum absolute atomic E-state index is 14.0. The SMILES string of the molecule is COc1cccc(C(=O)N2CCN(C)CC2)c1F. The molecule has 0 bridgehead atoms. The molecule has 1 aliphatic rings. The first kappa shape index (κ1) is 12.8. The van der Waals surface area contributed by atoms with Crippen LogP contribution in [-0.2, 0) is 0 Å². The van der Waals surface area contributed by atoms with Crippen LogP contribution >= 0.6 is 0 Å². The average molecular weight is 252 g/mol. The number of methoxy groups -OCH3 is 1. The predicted octanol–water partition coefficient (Wildman–Crippen LogP) is 1.22. The highest BCUT2D eigenvalue weighted by molar-refractivity contribution is 5.95. The fraction of sp³-hybridized carbons (Fsp3) is 0.462. The molecule has 98 valence electrons. The summed E-state index contributed by atoms with van der Waals surface area (Å²) in [6, 6.07) is 4.64. The Balaban J connectivity index is 2.18. The van der Waals surface area contributed by atoms with Crippen LogP contribution in [0.3, 0.4) is 0 Å². The predicted molar refractivity (Wildman–Crippen MR) is 66.4 cm³/mol. The monoisotopic (exact) mass is 252 g/mol. The zero-order valence-electron chi connectivity index (χ0n) is 10.6. The van der Waals surface area contributed by atoms with Crippen LogP contribution < -0.4 is 4.74 Å². The number of rotatable bonds is 2. The van der Waals surface area contributed by atoms with Gasteiger partial charge in [0.05, 0.1) is 12.7 Å². The smallest absolute Gasteiger partial charge is 0.257 e. The second kappa shape index (κ2) is 5.35. The van der Waals surface area contributed by atoms with Crippen molar-refractivity contribution in [2.24, 2.45) is 0 Å². The van der Waals surface area contributed by atoms with Crippen LogP contribution in [0.5, 0.6) is 5.75 Å².